The third-order valence-corrected chi connectivity index (χ3v) is 3.48. The second kappa shape index (κ2) is 3.14. The molecule has 1 aromatic rings. The van der Waals surface area contributed by atoms with E-state index in [4.69, 9.17) is 17.3 Å². The van der Waals surface area contributed by atoms with Crippen molar-refractivity contribution < 1.29 is 5.11 Å². The number of phenols is 1. The zero-order valence-corrected chi connectivity index (χ0v) is 8.93. The first-order valence-corrected chi connectivity index (χ1v) is 5.20. The Hall–Kier alpha value is -0.730. The van der Waals surface area contributed by atoms with E-state index in [-0.39, 0.29) is 11.3 Å². The van der Waals surface area contributed by atoms with Crippen LogP contribution in [-0.2, 0) is 5.54 Å². The van der Waals surface area contributed by atoms with Crippen LogP contribution in [0.3, 0.4) is 0 Å². The molecule has 76 valence electrons. The maximum atomic E-state index is 9.68. The van der Waals surface area contributed by atoms with Gasteiger partial charge in [-0.05, 0) is 37.3 Å². The molecule has 0 heterocycles. The molecule has 1 saturated carbocycles. The molecule has 0 saturated heterocycles. The van der Waals surface area contributed by atoms with Crippen molar-refractivity contribution in [3.8, 4) is 5.75 Å². The molecule has 1 aromatic carbocycles. The fraction of sp³-hybridized carbons (Fsp3) is 0.455. The molecule has 2 rings (SSSR count). The summed E-state index contributed by atoms with van der Waals surface area (Å²) in [4.78, 5) is 0. The largest absolute Gasteiger partial charge is 0.506 e. The van der Waals surface area contributed by atoms with Gasteiger partial charge in [0.25, 0.3) is 0 Å². The van der Waals surface area contributed by atoms with Crippen LogP contribution in [0.15, 0.2) is 12.1 Å². The van der Waals surface area contributed by atoms with E-state index in [1.807, 2.05) is 19.1 Å². The second-order valence-corrected chi connectivity index (χ2v) is 4.48. The van der Waals surface area contributed by atoms with Crippen LogP contribution in [0.1, 0.15) is 30.4 Å². The van der Waals surface area contributed by atoms with E-state index in [1.54, 1.807) is 0 Å². The van der Waals surface area contributed by atoms with Crippen molar-refractivity contribution in [3.05, 3.63) is 28.3 Å². The predicted octanol–water partition coefficient (Wildman–Crippen LogP) is 2.69. The van der Waals surface area contributed by atoms with E-state index >= 15 is 0 Å². The minimum atomic E-state index is -0.303. The van der Waals surface area contributed by atoms with E-state index < -0.39 is 0 Å². The summed E-state index contributed by atoms with van der Waals surface area (Å²) in [5.74, 6) is 0.167. The van der Waals surface area contributed by atoms with Crippen molar-refractivity contribution in [1.82, 2.24) is 0 Å². The van der Waals surface area contributed by atoms with E-state index in [2.05, 4.69) is 0 Å². The number of hydrogen-bond donors (Lipinski definition) is 2. The second-order valence-electron chi connectivity index (χ2n) is 4.10. The molecule has 1 aliphatic carbocycles. The van der Waals surface area contributed by atoms with E-state index in [0.29, 0.717) is 5.02 Å². The SMILES string of the molecule is Cc1ccc(C2(N)CCC2)c(Cl)c1O. The van der Waals surface area contributed by atoms with Crippen molar-refractivity contribution in [2.45, 2.75) is 31.7 Å². The first-order chi connectivity index (χ1) is 6.54. The Morgan fingerprint density at radius 2 is 2.07 bits per heavy atom. The van der Waals surface area contributed by atoms with Crippen molar-refractivity contribution in [1.29, 1.82) is 0 Å². The lowest BCUT2D eigenvalue weighted by atomic mass is 9.72. The van der Waals surface area contributed by atoms with Gasteiger partial charge < -0.3 is 10.8 Å². The van der Waals surface area contributed by atoms with Gasteiger partial charge in [0, 0.05) is 5.54 Å². The molecule has 0 aromatic heterocycles. The van der Waals surface area contributed by atoms with Crippen LogP contribution in [0.2, 0.25) is 5.02 Å². The Kier molecular flexibility index (Phi) is 2.20. The molecule has 0 amide bonds. The van der Waals surface area contributed by atoms with Gasteiger partial charge in [-0.1, -0.05) is 23.7 Å². The third-order valence-electron chi connectivity index (χ3n) is 3.10. The fourth-order valence-corrected chi connectivity index (χ4v) is 2.27. The Morgan fingerprint density at radius 3 is 2.57 bits per heavy atom. The van der Waals surface area contributed by atoms with Crippen LogP contribution in [-0.4, -0.2) is 5.11 Å². The lowest BCUT2D eigenvalue weighted by Crippen LogP contribution is -2.43. The van der Waals surface area contributed by atoms with Gasteiger partial charge >= 0.3 is 0 Å². The molecule has 0 radical (unpaired) electrons. The number of halogens is 1. The molecule has 0 aliphatic heterocycles. The molecule has 0 spiro atoms. The van der Waals surface area contributed by atoms with Gasteiger partial charge in [0.05, 0.1) is 5.02 Å². The van der Waals surface area contributed by atoms with Gasteiger partial charge in [-0.2, -0.15) is 0 Å². The molecule has 14 heavy (non-hydrogen) atoms. The first kappa shape index (κ1) is 9.81. The summed E-state index contributed by atoms with van der Waals surface area (Å²) in [6, 6.07) is 3.79. The number of aromatic hydroxyl groups is 1. The van der Waals surface area contributed by atoms with Gasteiger partial charge in [0.15, 0.2) is 0 Å². The molecule has 0 atom stereocenters. The summed E-state index contributed by atoms with van der Waals surface area (Å²) < 4.78 is 0. The van der Waals surface area contributed by atoms with Gasteiger partial charge in [-0.25, -0.2) is 0 Å². The summed E-state index contributed by atoms with van der Waals surface area (Å²) in [7, 11) is 0. The van der Waals surface area contributed by atoms with Gasteiger partial charge in [0.1, 0.15) is 5.75 Å². The zero-order chi connectivity index (χ0) is 10.3. The van der Waals surface area contributed by atoms with Crippen LogP contribution in [0.4, 0.5) is 0 Å². The van der Waals surface area contributed by atoms with Gasteiger partial charge in [0.2, 0.25) is 0 Å². The highest BCUT2D eigenvalue weighted by Crippen LogP contribution is 2.44. The number of benzene rings is 1. The summed E-state index contributed by atoms with van der Waals surface area (Å²) in [5, 5.41) is 10.1. The van der Waals surface area contributed by atoms with Gasteiger partial charge in [-0.3, -0.25) is 0 Å². The molecule has 2 nitrogen and oxygen atoms in total. The molecule has 1 aliphatic rings. The van der Waals surface area contributed by atoms with Crippen LogP contribution in [0.5, 0.6) is 5.75 Å². The Balaban J connectivity index is 2.49. The Morgan fingerprint density at radius 1 is 1.43 bits per heavy atom. The summed E-state index contributed by atoms with van der Waals surface area (Å²) in [6.45, 7) is 1.83. The average Bonchev–Trinajstić information content (AvgIpc) is 2.11. The smallest absolute Gasteiger partial charge is 0.137 e. The van der Waals surface area contributed by atoms with E-state index in [1.165, 1.54) is 0 Å². The standard InChI is InChI=1S/C11H14ClNO/c1-7-3-4-8(9(12)10(7)14)11(13)5-2-6-11/h3-4,14H,2,5-6,13H2,1H3. The molecule has 1 fully saturated rings. The maximum Gasteiger partial charge on any atom is 0.137 e. The van der Waals surface area contributed by atoms with Crippen LogP contribution in [0, 0.1) is 6.92 Å². The average molecular weight is 212 g/mol. The highest BCUT2D eigenvalue weighted by molar-refractivity contribution is 6.33. The lowest BCUT2D eigenvalue weighted by Gasteiger charge is -2.39. The quantitative estimate of drug-likeness (QED) is 0.750. The Bertz CT molecular complexity index is 372. The minimum absolute atomic E-state index is 0.167. The number of aryl methyl sites for hydroxylation is 1. The summed E-state index contributed by atoms with van der Waals surface area (Å²) in [6.07, 6.45) is 3.05. The van der Waals surface area contributed by atoms with E-state index in [0.717, 1.165) is 30.4 Å². The maximum absolute atomic E-state index is 9.68. The normalized spacial score (nSPS) is 19.1. The highest BCUT2D eigenvalue weighted by atomic mass is 35.5. The van der Waals surface area contributed by atoms with Crippen molar-refractivity contribution >= 4 is 11.6 Å². The highest BCUT2D eigenvalue weighted by Gasteiger charge is 2.36. The van der Waals surface area contributed by atoms with Crippen LogP contribution >= 0.6 is 11.6 Å². The molecule has 0 bridgehead atoms. The molecule has 3 heteroatoms. The number of phenolic OH excluding ortho intramolecular Hbond substituents is 1. The number of nitrogens with two attached hydrogens (primary N) is 1. The molecular formula is C11H14ClNO. The molecule has 0 unspecified atom stereocenters. The fourth-order valence-electron chi connectivity index (χ4n) is 1.87. The van der Waals surface area contributed by atoms with Crippen molar-refractivity contribution in [2.24, 2.45) is 5.73 Å². The number of rotatable bonds is 1. The Labute approximate surface area is 88.7 Å². The monoisotopic (exact) mass is 211 g/mol. The van der Waals surface area contributed by atoms with E-state index in [9.17, 15) is 5.11 Å². The predicted molar refractivity (Wildman–Crippen MR) is 57.6 cm³/mol. The zero-order valence-electron chi connectivity index (χ0n) is 8.18. The third kappa shape index (κ3) is 1.30. The molecular weight excluding hydrogens is 198 g/mol. The number of hydrogen-bond acceptors (Lipinski definition) is 2. The van der Waals surface area contributed by atoms with Crippen molar-refractivity contribution in [2.75, 3.05) is 0 Å². The van der Waals surface area contributed by atoms with Crippen LogP contribution < -0.4 is 5.73 Å². The summed E-state index contributed by atoms with van der Waals surface area (Å²) >= 11 is 6.07. The first-order valence-electron chi connectivity index (χ1n) is 4.82. The summed E-state index contributed by atoms with van der Waals surface area (Å²) in [5.41, 5.74) is 7.52. The van der Waals surface area contributed by atoms with Gasteiger partial charge in [-0.15, -0.1) is 0 Å². The molecule has 3 N–H and O–H groups in total. The lowest BCUT2D eigenvalue weighted by molar-refractivity contribution is 0.253. The van der Waals surface area contributed by atoms with Crippen LogP contribution in [0.25, 0.3) is 0 Å². The van der Waals surface area contributed by atoms with Crippen molar-refractivity contribution in [3.63, 3.8) is 0 Å². The topological polar surface area (TPSA) is 46.2 Å². The minimum Gasteiger partial charge on any atom is -0.506 e.